The third kappa shape index (κ3) is 6.03. The van der Waals surface area contributed by atoms with Crippen LogP contribution >= 0.6 is 0 Å². The molecule has 2 N–H and O–H groups in total. The number of hydrogen-bond acceptors (Lipinski definition) is 6. The molecule has 8 heteroatoms. The number of benzene rings is 2. The van der Waals surface area contributed by atoms with Crippen LogP contribution in [0.25, 0.3) is 22.0 Å². The maximum atomic E-state index is 15.3. The number of ether oxygens (including phenoxy) is 3. The summed E-state index contributed by atoms with van der Waals surface area (Å²) in [6.45, 7) is 6.57. The molecule has 0 bridgehead atoms. The highest BCUT2D eigenvalue weighted by atomic mass is 19.1. The van der Waals surface area contributed by atoms with Crippen molar-refractivity contribution in [3.8, 4) is 16.9 Å². The first-order chi connectivity index (χ1) is 18.3. The van der Waals surface area contributed by atoms with Gasteiger partial charge >= 0.3 is 5.97 Å². The summed E-state index contributed by atoms with van der Waals surface area (Å²) in [5, 5.41) is 0.934. The van der Waals surface area contributed by atoms with Gasteiger partial charge in [-0.05, 0) is 62.2 Å². The molecule has 0 aliphatic heterocycles. The van der Waals surface area contributed by atoms with Crippen LogP contribution in [0.4, 0.5) is 4.39 Å². The van der Waals surface area contributed by atoms with Gasteiger partial charge < -0.3 is 24.5 Å². The normalized spacial score (nSPS) is 12.2. The summed E-state index contributed by atoms with van der Waals surface area (Å²) in [5.41, 5.74) is 9.71. The maximum absolute atomic E-state index is 15.3. The largest absolute Gasteiger partial charge is 0.489 e. The van der Waals surface area contributed by atoms with Gasteiger partial charge in [-0.3, -0.25) is 9.78 Å². The molecule has 38 heavy (non-hydrogen) atoms. The lowest BCUT2D eigenvalue weighted by molar-refractivity contribution is -0.149. The van der Waals surface area contributed by atoms with Crippen LogP contribution in [-0.4, -0.2) is 35.3 Å². The summed E-state index contributed by atoms with van der Waals surface area (Å²) in [4.78, 5) is 16.5. The van der Waals surface area contributed by atoms with Gasteiger partial charge in [0.15, 0.2) is 5.82 Å². The lowest BCUT2D eigenvalue weighted by atomic mass is 9.98. The molecule has 0 saturated carbocycles. The van der Waals surface area contributed by atoms with Gasteiger partial charge in [0.05, 0.1) is 18.7 Å². The van der Waals surface area contributed by atoms with Crippen molar-refractivity contribution in [1.29, 1.82) is 0 Å². The van der Waals surface area contributed by atoms with Crippen molar-refractivity contribution >= 4 is 16.9 Å². The fourth-order valence-corrected chi connectivity index (χ4v) is 4.56. The lowest BCUT2D eigenvalue weighted by Crippen LogP contribution is -2.21. The van der Waals surface area contributed by atoms with Gasteiger partial charge in [-0.2, -0.15) is 0 Å². The van der Waals surface area contributed by atoms with Gasteiger partial charge in [0, 0.05) is 54.1 Å². The molecular weight excluding hydrogens is 485 g/mol. The Morgan fingerprint density at radius 2 is 1.89 bits per heavy atom. The topological polar surface area (TPSA) is 88.6 Å². The Bertz CT molecular complexity index is 1420. The summed E-state index contributed by atoms with van der Waals surface area (Å²) in [6, 6.07) is 15.3. The van der Waals surface area contributed by atoms with E-state index in [1.54, 1.807) is 26.3 Å². The van der Waals surface area contributed by atoms with Crippen LogP contribution in [0.5, 0.6) is 5.75 Å². The van der Waals surface area contributed by atoms with E-state index < -0.39 is 5.82 Å². The number of fused-ring (bicyclic) bond motifs is 1. The van der Waals surface area contributed by atoms with Gasteiger partial charge in [-0.15, -0.1) is 0 Å². The minimum atomic E-state index is -0.418. The summed E-state index contributed by atoms with van der Waals surface area (Å²) >= 11 is 0. The number of nitrogens with zero attached hydrogens (tertiary/aromatic N) is 2. The van der Waals surface area contributed by atoms with Crippen molar-refractivity contribution in [2.75, 3.05) is 13.7 Å². The van der Waals surface area contributed by atoms with E-state index in [-0.39, 0.29) is 43.4 Å². The third-order valence-electron chi connectivity index (χ3n) is 6.33. The van der Waals surface area contributed by atoms with Crippen LogP contribution in [0, 0.1) is 5.82 Å². The lowest BCUT2D eigenvalue weighted by Gasteiger charge is -2.16. The molecule has 0 amide bonds. The number of nitrogens with two attached hydrogens (primary N) is 1. The molecule has 0 aliphatic carbocycles. The average Bonchev–Trinajstić information content (AvgIpc) is 3.32. The van der Waals surface area contributed by atoms with E-state index in [0.717, 1.165) is 27.6 Å². The van der Waals surface area contributed by atoms with Crippen LogP contribution in [0.15, 0.2) is 60.9 Å². The summed E-state index contributed by atoms with van der Waals surface area (Å²) in [6.07, 6.45) is 3.33. The second-order valence-corrected chi connectivity index (χ2v) is 9.55. The number of rotatable bonds is 11. The molecule has 2 heterocycles. The van der Waals surface area contributed by atoms with Crippen molar-refractivity contribution in [3.63, 3.8) is 0 Å². The second kappa shape index (κ2) is 12.2. The van der Waals surface area contributed by atoms with Crippen LogP contribution in [0.2, 0.25) is 0 Å². The highest BCUT2D eigenvalue weighted by Crippen LogP contribution is 2.35. The maximum Gasteiger partial charge on any atom is 0.310 e. The van der Waals surface area contributed by atoms with E-state index in [1.165, 1.54) is 0 Å². The standard InChI is InChI=1S/C30H34FN3O4/c1-19(2)34-12-10-23-25(24-9-11-33-26(16-32)30(24)31)13-21(14-27(23)34)18-37-28-8-6-5-7-22(28)15-29(35)38-20(3)17-36-4/h5-14,19-20H,15-18,32H2,1-4H3. The number of aromatic nitrogens is 2. The van der Waals surface area contributed by atoms with E-state index in [1.807, 2.05) is 42.6 Å². The number of halogens is 1. The second-order valence-electron chi connectivity index (χ2n) is 9.55. The molecule has 2 aromatic carbocycles. The van der Waals surface area contributed by atoms with Crippen molar-refractivity contribution in [2.24, 2.45) is 5.73 Å². The molecule has 7 nitrogen and oxygen atoms in total. The van der Waals surface area contributed by atoms with Crippen molar-refractivity contribution in [1.82, 2.24) is 9.55 Å². The van der Waals surface area contributed by atoms with Gasteiger partial charge in [-0.25, -0.2) is 4.39 Å². The summed E-state index contributed by atoms with van der Waals surface area (Å²) < 4.78 is 34.1. The van der Waals surface area contributed by atoms with Gasteiger partial charge in [0.25, 0.3) is 0 Å². The van der Waals surface area contributed by atoms with E-state index in [2.05, 4.69) is 29.5 Å². The summed E-state index contributed by atoms with van der Waals surface area (Å²) in [7, 11) is 1.56. The van der Waals surface area contributed by atoms with Crippen LogP contribution in [-0.2, 0) is 33.8 Å². The molecule has 200 valence electrons. The highest BCUT2D eigenvalue weighted by molar-refractivity contribution is 5.96. The van der Waals surface area contributed by atoms with Crippen LogP contribution in [0.1, 0.15) is 43.6 Å². The monoisotopic (exact) mass is 519 g/mol. The molecule has 4 aromatic rings. The van der Waals surface area contributed by atoms with E-state index in [0.29, 0.717) is 17.9 Å². The average molecular weight is 520 g/mol. The molecular formula is C30H34FN3O4. The minimum Gasteiger partial charge on any atom is -0.489 e. The fourth-order valence-electron chi connectivity index (χ4n) is 4.56. The van der Waals surface area contributed by atoms with Crippen molar-refractivity contribution in [2.45, 2.75) is 52.5 Å². The highest BCUT2D eigenvalue weighted by Gasteiger charge is 2.18. The van der Waals surface area contributed by atoms with Crippen LogP contribution < -0.4 is 10.5 Å². The zero-order chi connectivity index (χ0) is 27.2. The molecule has 0 fully saturated rings. The Hall–Kier alpha value is -3.75. The quantitative estimate of drug-likeness (QED) is 0.260. The first-order valence-corrected chi connectivity index (χ1v) is 12.7. The number of carbonyl (C=O) groups is 1. The van der Waals surface area contributed by atoms with Crippen molar-refractivity contribution < 1.29 is 23.4 Å². The molecule has 0 spiro atoms. The Morgan fingerprint density at radius 1 is 1.11 bits per heavy atom. The number of pyridine rings is 1. The van der Waals surface area contributed by atoms with Gasteiger partial charge in [-0.1, -0.05) is 18.2 Å². The molecule has 0 saturated heterocycles. The predicted octanol–water partition coefficient (Wildman–Crippen LogP) is 5.58. The fraction of sp³-hybridized carbons (Fsp3) is 0.333. The summed E-state index contributed by atoms with van der Waals surface area (Å²) in [5.74, 6) is -0.184. The molecule has 0 aliphatic rings. The molecule has 2 aromatic heterocycles. The Kier molecular flexibility index (Phi) is 8.76. The Morgan fingerprint density at radius 3 is 2.63 bits per heavy atom. The van der Waals surface area contributed by atoms with Gasteiger partial charge in [0.1, 0.15) is 18.5 Å². The first kappa shape index (κ1) is 27.3. The number of hydrogen-bond donors (Lipinski definition) is 1. The molecule has 1 atom stereocenters. The minimum absolute atomic E-state index is 0.0160. The predicted molar refractivity (Wildman–Crippen MR) is 145 cm³/mol. The number of methoxy groups -OCH3 is 1. The molecule has 1 unspecified atom stereocenters. The number of carbonyl (C=O) groups excluding carboxylic acids is 1. The zero-order valence-electron chi connectivity index (χ0n) is 22.2. The van der Waals surface area contributed by atoms with Crippen LogP contribution in [0.3, 0.4) is 0 Å². The van der Waals surface area contributed by atoms with E-state index in [9.17, 15) is 4.79 Å². The number of para-hydroxylation sites is 1. The molecule has 0 radical (unpaired) electrons. The van der Waals surface area contributed by atoms with E-state index >= 15 is 4.39 Å². The smallest absolute Gasteiger partial charge is 0.310 e. The third-order valence-corrected chi connectivity index (χ3v) is 6.33. The SMILES string of the molecule is COCC(C)OC(=O)Cc1ccccc1OCc1cc(-c2ccnc(CN)c2F)c2ccn(C(C)C)c2c1. The Balaban J connectivity index is 1.66. The van der Waals surface area contributed by atoms with Gasteiger partial charge in [0.2, 0.25) is 0 Å². The van der Waals surface area contributed by atoms with Crippen molar-refractivity contribution in [3.05, 3.63) is 83.6 Å². The first-order valence-electron chi connectivity index (χ1n) is 12.7. The zero-order valence-corrected chi connectivity index (χ0v) is 22.2. The molecule has 4 rings (SSSR count). The Labute approximate surface area is 222 Å². The van der Waals surface area contributed by atoms with E-state index in [4.69, 9.17) is 19.9 Å². The number of esters is 1.